The summed E-state index contributed by atoms with van der Waals surface area (Å²) in [6.45, 7) is 7.13. The number of nitrogens with one attached hydrogen (secondary N) is 1. The van der Waals surface area contributed by atoms with Crippen molar-refractivity contribution in [2.75, 3.05) is 11.9 Å². The lowest BCUT2D eigenvalue weighted by Crippen LogP contribution is -2.34. The Morgan fingerprint density at radius 1 is 1.12 bits per heavy atom. The fourth-order valence-corrected chi connectivity index (χ4v) is 3.32. The van der Waals surface area contributed by atoms with Gasteiger partial charge in [-0.25, -0.2) is 4.39 Å². The molecule has 1 aliphatic carbocycles. The second-order valence-electron chi connectivity index (χ2n) is 7.08. The third-order valence-electron chi connectivity index (χ3n) is 4.65. The van der Waals surface area contributed by atoms with Gasteiger partial charge in [0.2, 0.25) is 5.91 Å². The fourth-order valence-electron chi connectivity index (χ4n) is 3.32. The minimum Gasteiger partial charge on any atom is -0.324 e. The summed E-state index contributed by atoms with van der Waals surface area (Å²) in [7, 11) is 0. The van der Waals surface area contributed by atoms with Crippen molar-refractivity contribution < 1.29 is 9.18 Å². The third-order valence-corrected chi connectivity index (χ3v) is 4.65. The van der Waals surface area contributed by atoms with E-state index in [4.69, 9.17) is 0 Å². The standard InChI is InChI=1S/C21H25FN2O/c1-14-10-15(2)21(16(3)11-14)23-20(25)13-24(19-8-9-19)12-17-4-6-18(22)7-5-17/h4-7,10-11,19H,8-9,12-13H2,1-3H3,(H,23,25). The molecule has 1 amide bonds. The average molecular weight is 340 g/mol. The summed E-state index contributed by atoms with van der Waals surface area (Å²) in [6.07, 6.45) is 2.24. The highest BCUT2D eigenvalue weighted by Gasteiger charge is 2.30. The molecule has 2 aromatic rings. The van der Waals surface area contributed by atoms with E-state index in [0.717, 1.165) is 35.2 Å². The lowest BCUT2D eigenvalue weighted by molar-refractivity contribution is -0.117. The highest BCUT2D eigenvalue weighted by Crippen LogP contribution is 2.28. The maximum Gasteiger partial charge on any atom is 0.238 e. The monoisotopic (exact) mass is 340 g/mol. The molecule has 0 atom stereocenters. The number of amides is 1. The molecule has 3 nitrogen and oxygen atoms in total. The lowest BCUT2D eigenvalue weighted by atomic mass is 10.1. The summed E-state index contributed by atoms with van der Waals surface area (Å²) >= 11 is 0. The molecule has 0 radical (unpaired) electrons. The van der Waals surface area contributed by atoms with Crippen molar-refractivity contribution in [3.63, 3.8) is 0 Å². The van der Waals surface area contributed by atoms with Crippen LogP contribution in [0.25, 0.3) is 0 Å². The van der Waals surface area contributed by atoms with Gasteiger partial charge >= 0.3 is 0 Å². The minimum absolute atomic E-state index is 0.00376. The van der Waals surface area contributed by atoms with Crippen molar-refractivity contribution in [3.8, 4) is 0 Å². The van der Waals surface area contributed by atoms with Gasteiger partial charge in [0.1, 0.15) is 5.82 Å². The molecule has 1 aliphatic rings. The molecule has 3 rings (SSSR count). The van der Waals surface area contributed by atoms with Gasteiger partial charge < -0.3 is 5.32 Å². The number of hydrogen-bond donors (Lipinski definition) is 1. The quantitative estimate of drug-likeness (QED) is 0.848. The van der Waals surface area contributed by atoms with Crippen LogP contribution < -0.4 is 5.32 Å². The lowest BCUT2D eigenvalue weighted by Gasteiger charge is -2.22. The molecule has 0 heterocycles. The Balaban J connectivity index is 1.66. The summed E-state index contributed by atoms with van der Waals surface area (Å²) in [5, 5.41) is 3.07. The van der Waals surface area contributed by atoms with E-state index in [0.29, 0.717) is 19.1 Å². The van der Waals surface area contributed by atoms with E-state index < -0.39 is 0 Å². The minimum atomic E-state index is -0.232. The second-order valence-corrected chi connectivity index (χ2v) is 7.08. The summed E-state index contributed by atoms with van der Waals surface area (Å²) in [4.78, 5) is 14.8. The molecule has 1 fully saturated rings. The van der Waals surface area contributed by atoms with Crippen molar-refractivity contribution in [1.29, 1.82) is 0 Å². The van der Waals surface area contributed by atoms with Crippen LogP contribution in [-0.4, -0.2) is 23.4 Å². The normalized spacial score (nSPS) is 14.0. The molecule has 2 aromatic carbocycles. The van der Waals surface area contributed by atoms with Gasteiger partial charge in [0, 0.05) is 18.3 Å². The molecular formula is C21H25FN2O. The molecule has 0 aromatic heterocycles. The van der Waals surface area contributed by atoms with Crippen molar-refractivity contribution in [2.24, 2.45) is 0 Å². The molecule has 132 valence electrons. The van der Waals surface area contributed by atoms with Crippen molar-refractivity contribution in [3.05, 3.63) is 64.5 Å². The van der Waals surface area contributed by atoms with E-state index in [9.17, 15) is 9.18 Å². The Morgan fingerprint density at radius 2 is 1.72 bits per heavy atom. The maximum atomic E-state index is 13.1. The highest BCUT2D eigenvalue weighted by atomic mass is 19.1. The largest absolute Gasteiger partial charge is 0.324 e. The van der Waals surface area contributed by atoms with E-state index in [-0.39, 0.29) is 11.7 Å². The number of rotatable bonds is 6. The van der Waals surface area contributed by atoms with Crippen LogP contribution in [0.3, 0.4) is 0 Å². The van der Waals surface area contributed by atoms with Crippen LogP contribution in [0.4, 0.5) is 10.1 Å². The van der Waals surface area contributed by atoms with Crippen LogP contribution in [0.5, 0.6) is 0 Å². The van der Waals surface area contributed by atoms with Crippen LogP contribution in [0.2, 0.25) is 0 Å². The molecule has 0 unspecified atom stereocenters. The predicted octanol–water partition coefficient (Wildman–Crippen LogP) is 4.35. The van der Waals surface area contributed by atoms with Crippen LogP contribution in [0.15, 0.2) is 36.4 Å². The van der Waals surface area contributed by atoms with Gasteiger partial charge in [0.25, 0.3) is 0 Å². The van der Waals surface area contributed by atoms with Crippen LogP contribution in [0.1, 0.15) is 35.1 Å². The van der Waals surface area contributed by atoms with Crippen molar-refractivity contribution in [1.82, 2.24) is 4.90 Å². The summed E-state index contributed by atoms with van der Waals surface area (Å²) in [5.74, 6) is -0.228. The van der Waals surface area contributed by atoms with Crippen LogP contribution >= 0.6 is 0 Å². The number of hydrogen-bond acceptors (Lipinski definition) is 2. The van der Waals surface area contributed by atoms with Gasteiger partial charge in [-0.3, -0.25) is 9.69 Å². The van der Waals surface area contributed by atoms with E-state index in [1.54, 1.807) is 12.1 Å². The van der Waals surface area contributed by atoms with Crippen molar-refractivity contribution in [2.45, 2.75) is 46.2 Å². The summed E-state index contributed by atoms with van der Waals surface area (Å²) < 4.78 is 13.1. The second kappa shape index (κ2) is 7.36. The van der Waals surface area contributed by atoms with Gasteiger partial charge in [0.15, 0.2) is 0 Å². The molecular weight excluding hydrogens is 315 g/mol. The van der Waals surface area contributed by atoms with Crippen LogP contribution in [-0.2, 0) is 11.3 Å². The zero-order valence-electron chi connectivity index (χ0n) is 15.1. The Labute approximate surface area is 148 Å². The van der Waals surface area contributed by atoms with E-state index in [1.807, 2.05) is 13.8 Å². The highest BCUT2D eigenvalue weighted by molar-refractivity contribution is 5.93. The Bertz CT molecular complexity index is 743. The first-order chi connectivity index (χ1) is 11.9. The van der Waals surface area contributed by atoms with Gasteiger partial charge in [-0.05, 0) is 62.4 Å². The first-order valence-corrected chi connectivity index (χ1v) is 8.78. The molecule has 4 heteroatoms. The number of aryl methyl sites for hydroxylation is 3. The van der Waals surface area contributed by atoms with Crippen molar-refractivity contribution >= 4 is 11.6 Å². The Kier molecular flexibility index (Phi) is 5.19. The molecule has 0 spiro atoms. The number of carbonyl (C=O) groups excluding carboxylic acids is 1. The number of nitrogens with zero attached hydrogens (tertiary/aromatic N) is 1. The fraction of sp³-hybridized carbons (Fsp3) is 0.381. The first-order valence-electron chi connectivity index (χ1n) is 8.78. The topological polar surface area (TPSA) is 32.3 Å². The number of halogens is 1. The Morgan fingerprint density at radius 3 is 2.28 bits per heavy atom. The third kappa shape index (κ3) is 4.67. The smallest absolute Gasteiger partial charge is 0.238 e. The zero-order valence-corrected chi connectivity index (χ0v) is 15.1. The molecule has 0 saturated heterocycles. The van der Waals surface area contributed by atoms with Gasteiger partial charge in [0.05, 0.1) is 6.54 Å². The average Bonchev–Trinajstić information content (AvgIpc) is 3.37. The van der Waals surface area contributed by atoms with E-state index >= 15 is 0 Å². The van der Waals surface area contributed by atoms with Gasteiger partial charge in [-0.2, -0.15) is 0 Å². The maximum absolute atomic E-state index is 13.1. The Hall–Kier alpha value is -2.20. The number of benzene rings is 2. The predicted molar refractivity (Wildman–Crippen MR) is 99.1 cm³/mol. The molecule has 1 N–H and O–H groups in total. The number of carbonyl (C=O) groups is 1. The SMILES string of the molecule is Cc1cc(C)c(NC(=O)CN(Cc2ccc(F)cc2)C2CC2)c(C)c1. The van der Waals surface area contributed by atoms with E-state index in [1.165, 1.54) is 17.7 Å². The first kappa shape index (κ1) is 17.6. The molecule has 1 saturated carbocycles. The zero-order chi connectivity index (χ0) is 18.0. The van der Waals surface area contributed by atoms with Gasteiger partial charge in [-0.1, -0.05) is 29.8 Å². The summed E-state index contributed by atoms with van der Waals surface area (Å²) in [6, 6.07) is 11.1. The molecule has 0 aliphatic heterocycles. The molecule has 0 bridgehead atoms. The van der Waals surface area contributed by atoms with E-state index in [2.05, 4.69) is 29.3 Å². The van der Waals surface area contributed by atoms with Crippen LogP contribution in [0, 0.1) is 26.6 Å². The summed E-state index contributed by atoms with van der Waals surface area (Å²) in [5.41, 5.74) is 5.31. The van der Waals surface area contributed by atoms with Gasteiger partial charge in [-0.15, -0.1) is 0 Å². The molecule has 25 heavy (non-hydrogen) atoms. The number of anilines is 1.